The molecule has 0 aliphatic carbocycles. The molecule has 0 fully saturated rings. The van der Waals surface area contributed by atoms with Crippen molar-refractivity contribution >= 4 is 23.3 Å². The zero-order valence-corrected chi connectivity index (χ0v) is 17.1. The van der Waals surface area contributed by atoms with Crippen molar-refractivity contribution in [1.82, 2.24) is 24.3 Å². The number of nitrogens with two attached hydrogens (primary N) is 1. The lowest BCUT2D eigenvalue weighted by atomic mass is 10.1. The van der Waals surface area contributed by atoms with Crippen LogP contribution in [0.15, 0.2) is 43.0 Å². The van der Waals surface area contributed by atoms with Crippen molar-refractivity contribution in [2.45, 2.75) is 13.0 Å². The number of carbonyl (C=O) groups is 1. The molecule has 0 aromatic carbocycles. The van der Waals surface area contributed by atoms with Crippen LogP contribution in [-0.4, -0.2) is 37.4 Å². The van der Waals surface area contributed by atoms with Crippen LogP contribution in [0.25, 0.3) is 16.9 Å². The van der Waals surface area contributed by atoms with E-state index < -0.39 is 17.8 Å². The summed E-state index contributed by atoms with van der Waals surface area (Å²) in [4.78, 5) is 28.9. The van der Waals surface area contributed by atoms with Crippen LogP contribution in [0.2, 0.25) is 0 Å². The molecule has 0 amide bonds. The quantitative estimate of drug-likeness (QED) is 0.455. The Morgan fingerprint density at radius 2 is 2.16 bits per heavy atom. The van der Waals surface area contributed by atoms with E-state index >= 15 is 0 Å². The molecule has 32 heavy (non-hydrogen) atoms. The lowest BCUT2D eigenvalue weighted by Gasteiger charge is -2.16. The maximum absolute atomic E-state index is 14.0. The van der Waals surface area contributed by atoms with Crippen LogP contribution in [-0.2, 0) is 4.74 Å². The molecule has 1 unspecified atom stereocenters. The Labute approximate surface area is 181 Å². The van der Waals surface area contributed by atoms with Crippen LogP contribution in [0.5, 0.6) is 0 Å². The van der Waals surface area contributed by atoms with Gasteiger partial charge in [0.15, 0.2) is 0 Å². The second-order valence-electron chi connectivity index (χ2n) is 6.79. The Morgan fingerprint density at radius 1 is 1.34 bits per heavy atom. The Bertz CT molecular complexity index is 1380. The number of pyridine rings is 2. The molecule has 0 saturated heterocycles. The van der Waals surface area contributed by atoms with Gasteiger partial charge in [0.05, 0.1) is 30.7 Å². The third kappa shape index (κ3) is 3.54. The molecule has 11 heteroatoms. The molecule has 0 spiro atoms. The van der Waals surface area contributed by atoms with E-state index in [0.717, 1.165) is 6.20 Å². The largest absolute Gasteiger partial charge is 0.464 e. The predicted molar refractivity (Wildman–Crippen MR) is 113 cm³/mol. The number of nitrogens with one attached hydrogen (secondary N) is 1. The number of hydrogen-bond acceptors (Lipinski definition) is 9. The molecule has 4 rings (SSSR count). The molecule has 4 aromatic heterocycles. The van der Waals surface area contributed by atoms with Gasteiger partial charge in [0.1, 0.15) is 46.8 Å². The molecule has 0 radical (unpaired) electrons. The van der Waals surface area contributed by atoms with E-state index in [1.807, 2.05) is 6.07 Å². The minimum absolute atomic E-state index is 0.0368. The number of methoxy groups -OCH3 is 1. The van der Waals surface area contributed by atoms with E-state index in [1.54, 1.807) is 29.5 Å². The number of halogens is 1. The van der Waals surface area contributed by atoms with Crippen molar-refractivity contribution in [3.8, 4) is 17.3 Å². The van der Waals surface area contributed by atoms with E-state index in [-0.39, 0.29) is 22.9 Å². The van der Waals surface area contributed by atoms with E-state index in [9.17, 15) is 14.4 Å². The summed E-state index contributed by atoms with van der Waals surface area (Å²) >= 11 is 0. The molecular formula is C21H17FN8O2. The van der Waals surface area contributed by atoms with Gasteiger partial charge in [-0.25, -0.2) is 24.1 Å². The van der Waals surface area contributed by atoms with Gasteiger partial charge in [-0.05, 0) is 25.1 Å². The third-order valence-corrected chi connectivity index (χ3v) is 4.80. The summed E-state index contributed by atoms with van der Waals surface area (Å²) < 4.78 is 20.5. The van der Waals surface area contributed by atoms with Gasteiger partial charge < -0.3 is 15.8 Å². The molecule has 0 bridgehead atoms. The van der Waals surface area contributed by atoms with Gasteiger partial charge in [-0.15, -0.1) is 0 Å². The topological polar surface area (TPSA) is 144 Å². The molecule has 0 aliphatic heterocycles. The SMILES string of the molecule is COC(=O)c1cccc2nc(C(C)Nc3ncnc(N)c3C#N)c(-c3cncc(F)c3)n12. The highest BCUT2D eigenvalue weighted by Gasteiger charge is 2.25. The molecule has 1 atom stereocenters. The van der Waals surface area contributed by atoms with Gasteiger partial charge in [0.25, 0.3) is 0 Å². The predicted octanol–water partition coefficient (Wildman–Crippen LogP) is 2.74. The highest BCUT2D eigenvalue weighted by molar-refractivity contribution is 5.89. The zero-order valence-electron chi connectivity index (χ0n) is 17.1. The molecule has 0 saturated carbocycles. The van der Waals surface area contributed by atoms with E-state index in [4.69, 9.17) is 10.5 Å². The van der Waals surface area contributed by atoms with Crippen molar-refractivity contribution in [3.63, 3.8) is 0 Å². The van der Waals surface area contributed by atoms with Crippen LogP contribution in [0.4, 0.5) is 16.0 Å². The first kappa shape index (κ1) is 20.7. The highest BCUT2D eigenvalue weighted by atomic mass is 19.1. The number of fused-ring (bicyclic) bond motifs is 1. The van der Waals surface area contributed by atoms with Crippen molar-refractivity contribution in [2.75, 3.05) is 18.2 Å². The summed E-state index contributed by atoms with van der Waals surface area (Å²) in [5.74, 6) is -0.869. The number of nitrogen functional groups attached to an aromatic ring is 1. The first-order chi connectivity index (χ1) is 15.4. The van der Waals surface area contributed by atoms with Gasteiger partial charge in [-0.1, -0.05) is 6.07 Å². The maximum atomic E-state index is 14.0. The number of anilines is 2. The molecule has 10 nitrogen and oxygen atoms in total. The molecular weight excluding hydrogens is 415 g/mol. The monoisotopic (exact) mass is 432 g/mol. The number of carbonyl (C=O) groups excluding carboxylic acids is 1. The summed E-state index contributed by atoms with van der Waals surface area (Å²) in [5.41, 5.74) is 7.83. The van der Waals surface area contributed by atoms with Gasteiger partial charge in [0, 0.05) is 11.8 Å². The van der Waals surface area contributed by atoms with Crippen LogP contribution in [0, 0.1) is 17.1 Å². The smallest absolute Gasteiger partial charge is 0.355 e. The number of nitrogens with zero attached hydrogens (tertiary/aromatic N) is 6. The van der Waals surface area contributed by atoms with Crippen LogP contribution in [0.1, 0.15) is 34.7 Å². The number of aromatic nitrogens is 5. The number of imidazole rings is 1. The normalized spacial score (nSPS) is 11.7. The highest BCUT2D eigenvalue weighted by Crippen LogP contribution is 2.32. The molecule has 4 heterocycles. The van der Waals surface area contributed by atoms with E-state index in [2.05, 4.69) is 25.3 Å². The van der Waals surface area contributed by atoms with Crippen LogP contribution >= 0.6 is 0 Å². The first-order valence-corrected chi connectivity index (χ1v) is 9.42. The Morgan fingerprint density at radius 3 is 2.88 bits per heavy atom. The summed E-state index contributed by atoms with van der Waals surface area (Å²) in [5, 5.41) is 12.5. The average molecular weight is 432 g/mol. The number of hydrogen-bond donors (Lipinski definition) is 2. The molecule has 0 aliphatic rings. The standard InChI is InChI=1S/C21H17FN8O2/c1-11(28-20-14(7-23)19(24)26-10-27-20)17-18(12-6-13(22)9-25-8-12)30-15(21(31)32-2)4-3-5-16(30)29-17/h3-6,8-11H,1-2H3,(H3,24,26,27,28). The average Bonchev–Trinajstić information content (AvgIpc) is 3.18. The first-order valence-electron chi connectivity index (χ1n) is 9.42. The minimum atomic E-state index is -0.582. The molecule has 3 N–H and O–H groups in total. The number of esters is 1. The number of nitriles is 1. The van der Waals surface area contributed by atoms with Crippen LogP contribution in [0.3, 0.4) is 0 Å². The van der Waals surface area contributed by atoms with E-state index in [1.165, 1.54) is 25.7 Å². The minimum Gasteiger partial charge on any atom is -0.464 e. The maximum Gasteiger partial charge on any atom is 0.355 e. The second-order valence-corrected chi connectivity index (χ2v) is 6.79. The van der Waals surface area contributed by atoms with Crippen molar-refractivity contribution < 1.29 is 13.9 Å². The second kappa shape index (κ2) is 8.27. The van der Waals surface area contributed by atoms with Gasteiger partial charge in [-0.2, -0.15) is 5.26 Å². The fraction of sp³-hybridized carbons (Fsp3) is 0.143. The Hall–Kier alpha value is -4.59. The third-order valence-electron chi connectivity index (χ3n) is 4.80. The van der Waals surface area contributed by atoms with E-state index in [0.29, 0.717) is 22.6 Å². The summed E-state index contributed by atoms with van der Waals surface area (Å²) in [6, 6.07) is 7.70. The molecule has 160 valence electrons. The van der Waals surface area contributed by atoms with Crippen molar-refractivity contribution in [1.29, 1.82) is 5.26 Å². The summed E-state index contributed by atoms with van der Waals surface area (Å²) in [6.07, 6.45) is 3.79. The van der Waals surface area contributed by atoms with Crippen molar-refractivity contribution in [2.24, 2.45) is 0 Å². The summed E-state index contributed by atoms with van der Waals surface area (Å²) in [7, 11) is 1.27. The Kier molecular flexibility index (Phi) is 5.34. The molecule has 4 aromatic rings. The van der Waals surface area contributed by atoms with Crippen molar-refractivity contribution in [3.05, 3.63) is 65.8 Å². The number of ether oxygens (including phenoxy) is 1. The van der Waals surface area contributed by atoms with Crippen LogP contribution < -0.4 is 11.1 Å². The lowest BCUT2D eigenvalue weighted by Crippen LogP contribution is -2.13. The number of rotatable bonds is 5. The Balaban J connectivity index is 1.93. The van der Waals surface area contributed by atoms with Gasteiger partial charge in [0.2, 0.25) is 0 Å². The van der Waals surface area contributed by atoms with Gasteiger partial charge >= 0.3 is 5.97 Å². The zero-order chi connectivity index (χ0) is 22.8. The summed E-state index contributed by atoms with van der Waals surface area (Å²) in [6.45, 7) is 1.79. The van der Waals surface area contributed by atoms with Gasteiger partial charge in [-0.3, -0.25) is 9.38 Å². The fourth-order valence-electron chi connectivity index (χ4n) is 3.39. The lowest BCUT2D eigenvalue weighted by molar-refractivity contribution is 0.0592. The fourth-order valence-corrected chi connectivity index (χ4v) is 3.39.